The Balaban J connectivity index is 1.91. The maximum Gasteiger partial charge on any atom is 0.323 e. The number of nitrogens with zero attached hydrogens (tertiary/aromatic N) is 4. The van der Waals surface area contributed by atoms with Crippen molar-refractivity contribution in [2.45, 2.75) is 6.54 Å². The van der Waals surface area contributed by atoms with Crippen LogP contribution in [0, 0.1) is 0 Å². The zero-order valence-corrected chi connectivity index (χ0v) is 13.5. The zero-order chi connectivity index (χ0) is 16.7. The molecule has 0 amide bonds. The van der Waals surface area contributed by atoms with Crippen molar-refractivity contribution < 1.29 is 14.6 Å². The average molecular weight is 347 g/mol. The van der Waals surface area contributed by atoms with Crippen molar-refractivity contribution in [3.63, 3.8) is 0 Å². The highest BCUT2D eigenvalue weighted by Crippen LogP contribution is 2.32. The molecule has 1 N–H and O–H groups in total. The highest BCUT2D eigenvalue weighted by atomic mass is 35.5. The van der Waals surface area contributed by atoms with Crippen LogP contribution in [0.4, 0.5) is 5.82 Å². The van der Waals surface area contributed by atoms with Crippen molar-refractivity contribution in [3.05, 3.63) is 29.7 Å². The van der Waals surface area contributed by atoms with E-state index >= 15 is 0 Å². The van der Waals surface area contributed by atoms with E-state index in [2.05, 4.69) is 14.9 Å². The molecule has 7 nitrogen and oxygen atoms in total. The maximum absolute atomic E-state index is 11.0. The van der Waals surface area contributed by atoms with Crippen LogP contribution in [-0.4, -0.2) is 51.9 Å². The SMILES string of the molecule is O=C(O)Cn1ccc2c3nc(Cl)nc(N4CCOCC4)c3ccc21. The highest BCUT2D eigenvalue weighted by Gasteiger charge is 2.19. The second-order valence-corrected chi connectivity index (χ2v) is 5.99. The number of morpholine rings is 1. The van der Waals surface area contributed by atoms with Crippen LogP contribution < -0.4 is 4.90 Å². The number of benzene rings is 1. The van der Waals surface area contributed by atoms with Gasteiger partial charge in [-0.2, -0.15) is 4.98 Å². The Morgan fingerprint density at radius 3 is 2.75 bits per heavy atom. The summed E-state index contributed by atoms with van der Waals surface area (Å²) >= 11 is 6.15. The molecule has 24 heavy (non-hydrogen) atoms. The number of ether oxygens (including phenoxy) is 1. The van der Waals surface area contributed by atoms with Gasteiger partial charge in [0.2, 0.25) is 5.28 Å². The number of halogens is 1. The molecule has 8 heteroatoms. The molecule has 124 valence electrons. The van der Waals surface area contributed by atoms with Crippen LogP contribution in [0.1, 0.15) is 0 Å². The fraction of sp³-hybridized carbons (Fsp3) is 0.312. The first-order valence-electron chi connectivity index (χ1n) is 7.63. The summed E-state index contributed by atoms with van der Waals surface area (Å²) in [6.07, 6.45) is 1.75. The smallest absolute Gasteiger partial charge is 0.323 e. The molecule has 1 fully saturated rings. The summed E-state index contributed by atoms with van der Waals surface area (Å²) in [5.41, 5.74) is 1.55. The predicted octanol–water partition coefficient (Wildman–Crippen LogP) is 2.16. The molecule has 1 saturated heterocycles. The number of hydrogen-bond acceptors (Lipinski definition) is 5. The normalized spacial score (nSPS) is 15.3. The third-order valence-electron chi connectivity index (χ3n) is 4.18. The largest absolute Gasteiger partial charge is 0.480 e. The Bertz CT molecular complexity index is 934. The predicted molar refractivity (Wildman–Crippen MR) is 90.7 cm³/mol. The fourth-order valence-corrected chi connectivity index (χ4v) is 3.29. The molecule has 0 aliphatic carbocycles. The van der Waals surface area contributed by atoms with Crippen LogP contribution in [0.3, 0.4) is 0 Å². The first-order chi connectivity index (χ1) is 11.6. The first kappa shape index (κ1) is 15.2. The van der Waals surface area contributed by atoms with Gasteiger partial charge in [0.15, 0.2) is 0 Å². The second kappa shape index (κ2) is 5.92. The van der Waals surface area contributed by atoms with Crippen LogP contribution in [0.2, 0.25) is 5.28 Å². The molecule has 1 aliphatic rings. The fourth-order valence-electron chi connectivity index (χ4n) is 3.12. The van der Waals surface area contributed by atoms with Gasteiger partial charge in [-0.3, -0.25) is 4.79 Å². The number of rotatable bonds is 3. The third-order valence-corrected chi connectivity index (χ3v) is 4.35. The van der Waals surface area contributed by atoms with Gasteiger partial charge in [0, 0.05) is 30.1 Å². The second-order valence-electron chi connectivity index (χ2n) is 5.65. The van der Waals surface area contributed by atoms with Crippen molar-refractivity contribution >= 4 is 45.2 Å². The summed E-state index contributed by atoms with van der Waals surface area (Å²) in [4.78, 5) is 21.9. The summed E-state index contributed by atoms with van der Waals surface area (Å²) in [6, 6.07) is 5.70. The Labute approximate surface area is 142 Å². The van der Waals surface area contributed by atoms with E-state index in [4.69, 9.17) is 21.4 Å². The minimum atomic E-state index is -0.887. The summed E-state index contributed by atoms with van der Waals surface area (Å²) in [7, 11) is 0. The lowest BCUT2D eigenvalue weighted by molar-refractivity contribution is -0.137. The van der Waals surface area contributed by atoms with E-state index < -0.39 is 5.97 Å². The standard InChI is InChI=1S/C16H15ClN4O3/c17-16-18-14-10-3-4-21(9-13(22)23)12(10)2-1-11(14)15(19-16)20-5-7-24-8-6-20/h1-4H,5-9H2,(H,22,23). The number of fused-ring (bicyclic) bond motifs is 3. The molecule has 3 aromatic rings. The van der Waals surface area contributed by atoms with Crippen molar-refractivity contribution in [3.8, 4) is 0 Å². The third kappa shape index (κ3) is 2.55. The number of carboxylic acids is 1. The molecule has 0 unspecified atom stereocenters. The van der Waals surface area contributed by atoms with Crippen LogP contribution in [0.15, 0.2) is 24.4 Å². The molecular weight excluding hydrogens is 332 g/mol. The lowest BCUT2D eigenvalue weighted by atomic mass is 10.1. The Morgan fingerprint density at radius 2 is 2.00 bits per heavy atom. The van der Waals surface area contributed by atoms with Crippen LogP contribution in [0.5, 0.6) is 0 Å². The minimum absolute atomic E-state index is 0.0931. The molecule has 0 spiro atoms. The van der Waals surface area contributed by atoms with E-state index in [1.165, 1.54) is 0 Å². The topological polar surface area (TPSA) is 80.5 Å². The van der Waals surface area contributed by atoms with Crippen molar-refractivity contribution in [2.75, 3.05) is 31.2 Å². The van der Waals surface area contributed by atoms with Gasteiger partial charge >= 0.3 is 5.97 Å². The summed E-state index contributed by atoms with van der Waals surface area (Å²) in [5, 5.41) is 11.0. The number of hydrogen-bond donors (Lipinski definition) is 1. The number of aliphatic carboxylic acids is 1. The van der Waals surface area contributed by atoms with Crippen LogP contribution >= 0.6 is 11.6 Å². The molecule has 3 heterocycles. The molecule has 1 aliphatic heterocycles. The highest BCUT2D eigenvalue weighted by molar-refractivity contribution is 6.29. The minimum Gasteiger partial charge on any atom is -0.480 e. The lowest BCUT2D eigenvalue weighted by Crippen LogP contribution is -2.37. The number of anilines is 1. The molecular formula is C16H15ClN4O3. The molecule has 4 rings (SSSR count). The molecule has 2 aromatic heterocycles. The van der Waals surface area contributed by atoms with Gasteiger partial charge in [-0.15, -0.1) is 0 Å². The van der Waals surface area contributed by atoms with E-state index in [0.717, 1.165) is 40.7 Å². The molecule has 0 bridgehead atoms. The number of carbonyl (C=O) groups is 1. The molecule has 1 aromatic carbocycles. The van der Waals surface area contributed by atoms with E-state index in [0.29, 0.717) is 13.2 Å². The van der Waals surface area contributed by atoms with E-state index in [1.807, 2.05) is 18.2 Å². The average Bonchev–Trinajstić information content (AvgIpc) is 2.97. The van der Waals surface area contributed by atoms with Gasteiger partial charge in [0.25, 0.3) is 0 Å². The molecule has 0 atom stereocenters. The Morgan fingerprint density at radius 1 is 1.21 bits per heavy atom. The maximum atomic E-state index is 11.0. The van der Waals surface area contributed by atoms with Gasteiger partial charge in [0.05, 0.1) is 24.2 Å². The van der Waals surface area contributed by atoms with Crippen molar-refractivity contribution in [1.29, 1.82) is 0 Å². The molecule has 0 saturated carbocycles. The first-order valence-corrected chi connectivity index (χ1v) is 8.01. The molecule has 0 radical (unpaired) electrons. The lowest BCUT2D eigenvalue weighted by Gasteiger charge is -2.28. The summed E-state index contributed by atoms with van der Waals surface area (Å²) in [5.74, 6) is -0.0940. The van der Waals surface area contributed by atoms with Gasteiger partial charge < -0.3 is 19.3 Å². The zero-order valence-electron chi connectivity index (χ0n) is 12.8. The quantitative estimate of drug-likeness (QED) is 0.732. The summed E-state index contributed by atoms with van der Waals surface area (Å²) in [6.45, 7) is 2.71. The van der Waals surface area contributed by atoms with E-state index in [1.54, 1.807) is 10.8 Å². The van der Waals surface area contributed by atoms with Gasteiger partial charge in [-0.25, -0.2) is 4.98 Å². The van der Waals surface area contributed by atoms with E-state index in [-0.39, 0.29) is 11.8 Å². The van der Waals surface area contributed by atoms with Crippen molar-refractivity contribution in [2.24, 2.45) is 0 Å². The Hall–Kier alpha value is -2.38. The monoisotopic (exact) mass is 346 g/mol. The number of aromatic nitrogens is 3. The van der Waals surface area contributed by atoms with Gasteiger partial charge in [0.1, 0.15) is 12.4 Å². The summed E-state index contributed by atoms with van der Waals surface area (Å²) < 4.78 is 7.08. The Kier molecular flexibility index (Phi) is 3.74. The van der Waals surface area contributed by atoms with Crippen LogP contribution in [-0.2, 0) is 16.1 Å². The van der Waals surface area contributed by atoms with E-state index in [9.17, 15) is 4.79 Å². The van der Waals surface area contributed by atoms with Crippen molar-refractivity contribution in [1.82, 2.24) is 14.5 Å². The van der Waals surface area contributed by atoms with Gasteiger partial charge in [-0.05, 0) is 29.8 Å². The number of carboxylic acid groups (broad SMARTS) is 1. The van der Waals surface area contributed by atoms with Gasteiger partial charge in [-0.1, -0.05) is 0 Å². The van der Waals surface area contributed by atoms with Crippen LogP contribution in [0.25, 0.3) is 21.8 Å².